The first-order chi connectivity index (χ1) is 8.54. The largest absolute Gasteiger partial charge is 0.399 e. The Labute approximate surface area is 109 Å². The number of anilines is 1. The minimum Gasteiger partial charge on any atom is -0.399 e. The van der Waals surface area contributed by atoms with E-state index in [-0.39, 0.29) is 5.82 Å². The van der Waals surface area contributed by atoms with Gasteiger partial charge in [-0.3, -0.25) is 4.90 Å². The van der Waals surface area contributed by atoms with Gasteiger partial charge in [0.25, 0.3) is 0 Å². The van der Waals surface area contributed by atoms with E-state index < -0.39 is 0 Å². The molecular weight excluding hydrogens is 227 g/mol. The molecule has 1 aliphatic rings. The highest BCUT2D eigenvalue weighted by Crippen LogP contribution is 2.27. The number of benzene rings is 1. The molecule has 0 aromatic heterocycles. The Kier molecular flexibility index (Phi) is 4.23. The van der Waals surface area contributed by atoms with Gasteiger partial charge in [-0.15, -0.1) is 0 Å². The van der Waals surface area contributed by atoms with Crippen LogP contribution in [0.2, 0.25) is 0 Å². The van der Waals surface area contributed by atoms with Crippen molar-refractivity contribution in [1.82, 2.24) is 4.90 Å². The van der Waals surface area contributed by atoms with Crippen LogP contribution in [-0.4, -0.2) is 18.0 Å². The topological polar surface area (TPSA) is 29.3 Å². The molecule has 0 aliphatic heterocycles. The normalized spacial score (nSPS) is 24.4. The lowest BCUT2D eigenvalue weighted by atomic mass is 9.86. The van der Waals surface area contributed by atoms with Gasteiger partial charge in [0.15, 0.2) is 0 Å². The zero-order valence-electron chi connectivity index (χ0n) is 11.3. The lowest BCUT2D eigenvalue weighted by molar-refractivity contribution is 0.164. The number of nitrogen functional groups attached to an aromatic ring is 1. The first-order valence-corrected chi connectivity index (χ1v) is 6.80. The van der Waals surface area contributed by atoms with Crippen molar-refractivity contribution in [3.05, 3.63) is 29.6 Å². The molecule has 2 rings (SSSR count). The Morgan fingerprint density at radius 2 is 1.89 bits per heavy atom. The van der Waals surface area contributed by atoms with Crippen molar-refractivity contribution in [1.29, 1.82) is 0 Å². The fourth-order valence-electron chi connectivity index (χ4n) is 2.87. The van der Waals surface area contributed by atoms with Crippen LogP contribution in [0.15, 0.2) is 18.2 Å². The highest BCUT2D eigenvalue weighted by molar-refractivity contribution is 5.41. The Morgan fingerprint density at radius 1 is 1.22 bits per heavy atom. The third-order valence-corrected chi connectivity index (χ3v) is 4.02. The second kappa shape index (κ2) is 5.70. The summed E-state index contributed by atoms with van der Waals surface area (Å²) in [6, 6.07) is 5.44. The Balaban J connectivity index is 1.96. The SMILES string of the molecule is CC1CCC(N(C)Cc2cc(N)cc(F)c2)CC1. The van der Waals surface area contributed by atoms with Crippen molar-refractivity contribution in [2.75, 3.05) is 12.8 Å². The maximum absolute atomic E-state index is 13.3. The van der Waals surface area contributed by atoms with Crippen LogP contribution in [0, 0.1) is 11.7 Å². The zero-order valence-corrected chi connectivity index (χ0v) is 11.3. The third kappa shape index (κ3) is 3.45. The molecule has 2 nitrogen and oxygen atoms in total. The molecule has 0 radical (unpaired) electrons. The van der Waals surface area contributed by atoms with Gasteiger partial charge in [0.1, 0.15) is 5.82 Å². The van der Waals surface area contributed by atoms with Crippen LogP contribution >= 0.6 is 0 Å². The van der Waals surface area contributed by atoms with Crippen LogP contribution in [-0.2, 0) is 6.54 Å². The van der Waals surface area contributed by atoms with Gasteiger partial charge in [-0.2, -0.15) is 0 Å². The molecule has 1 aromatic carbocycles. The lowest BCUT2D eigenvalue weighted by Crippen LogP contribution is -2.34. The molecule has 0 bridgehead atoms. The Bertz CT molecular complexity index is 377. The van der Waals surface area contributed by atoms with Crippen molar-refractivity contribution < 1.29 is 4.39 Å². The summed E-state index contributed by atoms with van der Waals surface area (Å²) >= 11 is 0. The van der Waals surface area contributed by atoms with E-state index in [2.05, 4.69) is 18.9 Å². The van der Waals surface area contributed by atoms with E-state index in [1.54, 1.807) is 6.07 Å². The van der Waals surface area contributed by atoms with Gasteiger partial charge in [-0.25, -0.2) is 4.39 Å². The monoisotopic (exact) mass is 250 g/mol. The fraction of sp³-hybridized carbons (Fsp3) is 0.600. The average molecular weight is 250 g/mol. The van der Waals surface area contributed by atoms with Crippen LogP contribution < -0.4 is 5.73 Å². The summed E-state index contributed by atoms with van der Waals surface area (Å²) < 4.78 is 13.3. The molecule has 1 fully saturated rings. The molecule has 0 saturated heterocycles. The summed E-state index contributed by atoms with van der Waals surface area (Å²) in [5.74, 6) is 0.620. The number of hydrogen-bond acceptors (Lipinski definition) is 2. The average Bonchev–Trinajstić information content (AvgIpc) is 2.28. The molecule has 18 heavy (non-hydrogen) atoms. The zero-order chi connectivity index (χ0) is 13.1. The molecule has 1 aromatic rings. The van der Waals surface area contributed by atoms with Crippen LogP contribution in [0.1, 0.15) is 38.2 Å². The lowest BCUT2D eigenvalue weighted by Gasteiger charge is -2.33. The molecule has 1 saturated carbocycles. The number of rotatable bonds is 3. The molecule has 3 heteroatoms. The molecular formula is C15H23FN2. The van der Waals surface area contributed by atoms with Gasteiger partial charge >= 0.3 is 0 Å². The molecule has 0 amide bonds. The number of halogens is 1. The summed E-state index contributed by atoms with van der Waals surface area (Å²) in [4.78, 5) is 2.33. The van der Waals surface area contributed by atoms with E-state index in [1.165, 1.54) is 31.7 Å². The standard InChI is InChI=1S/C15H23FN2/c1-11-3-5-15(6-4-11)18(2)10-12-7-13(16)9-14(17)8-12/h7-9,11,15H,3-6,10,17H2,1-2H3. The van der Waals surface area contributed by atoms with Gasteiger partial charge in [0.2, 0.25) is 0 Å². The Hall–Kier alpha value is -1.09. The van der Waals surface area contributed by atoms with Gasteiger partial charge in [0.05, 0.1) is 0 Å². The number of nitrogens with two attached hydrogens (primary N) is 1. The first kappa shape index (κ1) is 13.3. The van der Waals surface area contributed by atoms with Crippen LogP contribution in [0.4, 0.5) is 10.1 Å². The van der Waals surface area contributed by atoms with Gasteiger partial charge in [-0.05, 0) is 62.4 Å². The Morgan fingerprint density at radius 3 is 2.50 bits per heavy atom. The molecule has 100 valence electrons. The van der Waals surface area contributed by atoms with Gasteiger partial charge in [0, 0.05) is 18.3 Å². The summed E-state index contributed by atoms with van der Waals surface area (Å²) in [6.07, 6.45) is 5.12. The van der Waals surface area contributed by atoms with Crippen molar-refractivity contribution in [3.8, 4) is 0 Å². The van der Waals surface area contributed by atoms with Crippen molar-refractivity contribution >= 4 is 5.69 Å². The summed E-state index contributed by atoms with van der Waals surface area (Å²) in [7, 11) is 2.13. The highest BCUT2D eigenvalue weighted by atomic mass is 19.1. The third-order valence-electron chi connectivity index (χ3n) is 4.02. The predicted octanol–water partition coefficient (Wildman–Crippen LogP) is 3.42. The van der Waals surface area contributed by atoms with E-state index >= 15 is 0 Å². The van der Waals surface area contributed by atoms with E-state index in [0.29, 0.717) is 11.7 Å². The first-order valence-electron chi connectivity index (χ1n) is 6.80. The van der Waals surface area contributed by atoms with Crippen molar-refractivity contribution in [2.45, 2.75) is 45.2 Å². The van der Waals surface area contributed by atoms with Gasteiger partial charge in [-0.1, -0.05) is 6.92 Å². The second-order valence-electron chi connectivity index (χ2n) is 5.72. The van der Waals surface area contributed by atoms with E-state index in [9.17, 15) is 4.39 Å². The van der Waals surface area contributed by atoms with Gasteiger partial charge < -0.3 is 5.73 Å². The molecule has 1 aliphatic carbocycles. The summed E-state index contributed by atoms with van der Waals surface area (Å²) in [5, 5.41) is 0. The molecule has 0 spiro atoms. The number of hydrogen-bond donors (Lipinski definition) is 1. The molecule has 0 atom stereocenters. The molecule has 2 N–H and O–H groups in total. The smallest absolute Gasteiger partial charge is 0.125 e. The van der Waals surface area contributed by atoms with E-state index in [4.69, 9.17) is 5.73 Å². The van der Waals surface area contributed by atoms with Crippen LogP contribution in [0.25, 0.3) is 0 Å². The highest BCUT2D eigenvalue weighted by Gasteiger charge is 2.21. The number of nitrogens with zero attached hydrogens (tertiary/aromatic N) is 1. The fourth-order valence-corrected chi connectivity index (χ4v) is 2.87. The maximum Gasteiger partial charge on any atom is 0.125 e. The molecule has 0 unspecified atom stereocenters. The second-order valence-corrected chi connectivity index (χ2v) is 5.72. The minimum absolute atomic E-state index is 0.240. The minimum atomic E-state index is -0.240. The van der Waals surface area contributed by atoms with Crippen molar-refractivity contribution in [3.63, 3.8) is 0 Å². The van der Waals surface area contributed by atoms with Crippen molar-refractivity contribution in [2.24, 2.45) is 5.92 Å². The predicted molar refractivity (Wildman–Crippen MR) is 73.7 cm³/mol. The summed E-state index contributed by atoms with van der Waals surface area (Å²) in [5.41, 5.74) is 7.15. The maximum atomic E-state index is 13.3. The molecule has 0 heterocycles. The van der Waals surface area contributed by atoms with Crippen LogP contribution in [0.3, 0.4) is 0 Å². The quantitative estimate of drug-likeness (QED) is 0.833. The van der Waals surface area contributed by atoms with E-state index in [1.807, 2.05) is 6.07 Å². The van der Waals surface area contributed by atoms with Crippen LogP contribution in [0.5, 0.6) is 0 Å². The van der Waals surface area contributed by atoms with E-state index in [0.717, 1.165) is 18.0 Å². The summed E-state index contributed by atoms with van der Waals surface area (Å²) in [6.45, 7) is 3.10.